The van der Waals surface area contributed by atoms with Crippen molar-refractivity contribution >= 4 is 12.1 Å². The molecule has 156 valence electrons. The van der Waals surface area contributed by atoms with Crippen LogP contribution < -0.4 is 0 Å². The molecule has 29 heavy (non-hydrogen) atoms. The van der Waals surface area contributed by atoms with Crippen LogP contribution in [0.4, 0.5) is 4.79 Å². The summed E-state index contributed by atoms with van der Waals surface area (Å²) in [6.07, 6.45) is -0.406. The average molecular weight is 399 g/mol. The van der Waals surface area contributed by atoms with E-state index in [0.717, 1.165) is 11.1 Å². The Kier molecular flexibility index (Phi) is 8.21. The molecule has 0 saturated carbocycles. The van der Waals surface area contributed by atoms with Gasteiger partial charge in [0, 0.05) is 26.2 Å². The quantitative estimate of drug-likeness (QED) is 0.691. The largest absolute Gasteiger partial charge is 0.480 e. The van der Waals surface area contributed by atoms with Crippen molar-refractivity contribution < 1.29 is 19.4 Å². The molecule has 0 aliphatic rings. The molecule has 2 aromatic carbocycles. The van der Waals surface area contributed by atoms with Crippen LogP contribution >= 0.6 is 0 Å². The van der Waals surface area contributed by atoms with E-state index in [0.29, 0.717) is 26.2 Å². The van der Waals surface area contributed by atoms with Gasteiger partial charge in [0.1, 0.15) is 5.60 Å². The molecule has 1 N–H and O–H groups in total. The van der Waals surface area contributed by atoms with Crippen LogP contribution in [0.5, 0.6) is 0 Å². The maximum atomic E-state index is 12.7. The first kappa shape index (κ1) is 22.4. The molecule has 0 fully saturated rings. The number of ether oxygens (including phenoxy) is 1. The van der Waals surface area contributed by atoms with E-state index < -0.39 is 17.7 Å². The van der Waals surface area contributed by atoms with E-state index in [1.807, 2.05) is 86.3 Å². The minimum atomic E-state index is -0.896. The Bertz CT molecular complexity index is 772. The van der Waals surface area contributed by atoms with Crippen LogP contribution in [0.2, 0.25) is 0 Å². The number of rotatable bonds is 9. The standard InChI is InChI=1S/C23H30N2O4/c1-23(2,3)29-22(28)25(17-20-12-8-5-9-13-20)15-14-24(18-21(26)27)16-19-10-6-4-7-11-19/h4-13H,14-18H2,1-3H3,(H,26,27). The third-order valence-corrected chi connectivity index (χ3v) is 4.16. The van der Waals surface area contributed by atoms with Crippen molar-refractivity contribution in [1.82, 2.24) is 9.80 Å². The van der Waals surface area contributed by atoms with Crippen molar-refractivity contribution in [3.8, 4) is 0 Å². The summed E-state index contributed by atoms with van der Waals surface area (Å²) in [4.78, 5) is 27.5. The second kappa shape index (κ2) is 10.6. The second-order valence-electron chi connectivity index (χ2n) is 7.98. The Morgan fingerprint density at radius 1 is 0.862 bits per heavy atom. The molecule has 1 amide bonds. The zero-order chi connectivity index (χ0) is 21.3. The summed E-state index contributed by atoms with van der Waals surface area (Å²) in [5, 5.41) is 9.28. The molecule has 0 atom stereocenters. The number of aliphatic carboxylic acids is 1. The predicted octanol–water partition coefficient (Wildman–Crippen LogP) is 4.01. The Morgan fingerprint density at radius 3 is 1.86 bits per heavy atom. The smallest absolute Gasteiger partial charge is 0.410 e. The van der Waals surface area contributed by atoms with Crippen molar-refractivity contribution in [3.05, 3.63) is 71.8 Å². The zero-order valence-electron chi connectivity index (χ0n) is 17.4. The maximum absolute atomic E-state index is 12.7. The summed E-state index contributed by atoms with van der Waals surface area (Å²) >= 11 is 0. The summed E-state index contributed by atoms with van der Waals surface area (Å²) < 4.78 is 5.56. The summed E-state index contributed by atoms with van der Waals surface area (Å²) in [5.74, 6) is -0.896. The third kappa shape index (κ3) is 8.79. The molecule has 0 aromatic heterocycles. The second-order valence-corrected chi connectivity index (χ2v) is 7.98. The van der Waals surface area contributed by atoms with Gasteiger partial charge >= 0.3 is 12.1 Å². The zero-order valence-corrected chi connectivity index (χ0v) is 17.4. The van der Waals surface area contributed by atoms with Gasteiger partial charge in [-0.2, -0.15) is 0 Å². The molecule has 6 heteroatoms. The molecule has 0 saturated heterocycles. The van der Waals surface area contributed by atoms with Gasteiger partial charge in [-0.15, -0.1) is 0 Å². The molecule has 0 bridgehead atoms. The molecular weight excluding hydrogens is 368 g/mol. The Morgan fingerprint density at radius 2 is 1.38 bits per heavy atom. The summed E-state index contributed by atoms with van der Waals surface area (Å²) in [7, 11) is 0. The summed E-state index contributed by atoms with van der Waals surface area (Å²) in [6.45, 7) is 7.09. The number of amides is 1. The van der Waals surface area contributed by atoms with Gasteiger partial charge in [0.05, 0.1) is 6.54 Å². The van der Waals surface area contributed by atoms with Gasteiger partial charge in [-0.05, 0) is 31.9 Å². The first-order chi connectivity index (χ1) is 13.7. The lowest BCUT2D eigenvalue weighted by Gasteiger charge is -2.29. The fraction of sp³-hybridized carbons (Fsp3) is 0.391. The average Bonchev–Trinajstić information content (AvgIpc) is 2.64. The van der Waals surface area contributed by atoms with Crippen LogP contribution in [0, 0.1) is 0 Å². The SMILES string of the molecule is CC(C)(C)OC(=O)N(CCN(CC(=O)O)Cc1ccccc1)Cc1ccccc1. The molecule has 2 rings (SSSR count). The molecule has 2 aromatic rings. The number of carbonyl (C=O) groups is 2. The molecule has 0 unspecified atom stereocenters. The molecule has 0 heterocycles. The van der Waals surface area contributed by atoms with Gasteiger partial charge in [-0.1, -0.05) is 60.7 Å². The lowest BCUT2D eigenvalue weighted by Crippen LogP contribution is -2.42. The number of nitrogens with zero attached hydrogens (tertiary/aromatic N) is 2. The molecule has 0 radical (unpaired) electrons. The van der Waals surface area contributed by atoms with Crippen molar-refractivity contribution in [2.75, 3.05) is 19.6 Å². The summed E-state index contributed by atoms with van der Waals surface area (Å²) in [6, 6.07) is 19.4. The van der Waals surface area contributed by atoms with Crippen LogP contribution in [0.1, 0.15) is 31.9 Å². The number of carboxylic acid groups (broad SMARTS) is 1. The van der Waals surface area contributed by atoms with E-state index in [1.165, 1.54) is 0 Å². The predicted molar refractivity (Wildman–Crippen MR) is 112 cm³/mol. The van der Waals surface area contributed by atoms with Crippen LogP contribution in [0.15, 0.2) is 60.7 Å². The highest BCUT2D eigenvalue weighted by molar-refractivity contribution is 5.69. The van der Waals surface area contributed by atoms with Gasteiger partial charge in [0.15, 0.2) is 0 Å². The molecule has 0 spiro atoms. The highest BCUT2D eigenvalue weighted by Gasteiger charge is 2.23. The van der Waals surface area contributed by atoms with Gasteiger partial charge in [0.2, 0.25) is 0 Å². The fourth-order valence-electron chi connectivity index (χ4n) is 2.87. The van der Waals surface area contributed by atoms with Gasteiger partial charge in [-0.3, -0.25) is 9.69 Å². The van der Waals surface area contributed by atoms with Gasteiger partial charge in [0.25, 0.3) is 0 Å². The van der Waals surface area contributed by atoms with Crippen molar-refractivity contribution in [2.24, 2.45) is 0 Å². The number of carboxylic acids is 1. The molecular formula is C23H30N2O4. The van der Waals surface area contributed by atoms with Gasteiger partial charge in [-0.25, -0.2) is 4.79 Å². The number of hydrogen-bond donors (Lipinski definition) is 1. The van der Waals surface area contributed by atoms with E-state index >= 15 is 0 Å². The van der Waals surface area contributed by atoms with Crippen molar-refractivity contribution in [3.63, 3.8) is 0 Å². The normalized spacial score (nSPS) is 11.3. The van der Waals surface area contributed by atoms with Crippen molar-refractivity contribution in [1.29, 1.82) is 0 Å². The Hall–Kier alpha value is -2.86. The molecule has 0 aliphatic heterocycles. The number of benzene rings is 2. The van der Waals surface area contributed by atoms with Crippen LogP contribution in [-0.2, 0) is 22.6 Å². The maximum Gasteiger partial charge on any atom is 0.410 e. The molecule has 6 nitrogen and oxygen atoms in total. The number of hydrogen-bond acceptors (Lipinski definition) is 4. The van der Waals surface area contributed by atoms with E-state index in [1.54, 1.807) is 4.90 Å². The van der Waals surface area contributed by atoms with Crippen molar-refractivity contribution in [2.45, 2.75) is 39.5 Å². The molecule has 0 aliphatic carbocycles. The number of carbonyl (C=O) groups excluding carboxylic acids is 1. The highest BCUT2D eigenvalue weighted by atomic mass is 16.6. The summed E-state index contributed by atoms with van der Waals surface area (Å²) in [5.41, 5.74) is 1.42. The van der Waals surface area contributed by atoms with E-state index in [-0.39, 0.29) is 6.54 Å². The topological polar surface area (TPSA) is 70.1 Å². The first-order valence-electron chi connectivity index (χ1n) is 9.73. The van der Waals surface area contributed by atoms with Crippen LogP contribution in [-0.4, -0.2) is 52.2 Å². The lowest BCUT2D eigenvalue weighted by atomic mass is 10.2. The van der Waals surface area contributed by atoms with Crippen LogP contribution in [0.3, 0.4) is 0 Å². The van der Waals surface area contributed by atoms with E-state index in [9.17, 15) is 14.7 Å². The highest BCUT2D eigenvalue weighted by Crippen LogP contribution is 2.13. The Balaban J connectivity index is 2.09. The van der Waals surface area contributed by atoms with E-state index in [2.05, 4.69) is 0 Å². The van der Waals surface area contributed by atoms with Crippen LogP contribution in [0.25, 0.3) is 0 Å². The Labute approximate surface area is 172 Å². The lowest BCUT2D eigenvalue weighted by molar-refractivity contribution is -0.138. The first-order valence-corrected chi connectivity index (χ1v) is 9.73. The van der Waals surface area contributed by atoms with E-state index in [4.69, 9.17) is 4.74 Å². The minimum absolute atomic E-state index is 0.0949. The monoisotopic (exact) mass is 398 g/mol. The minimum Gasteiger partial charge on any atom is -0.480 e. The fourth-order valence-corrected chi connectivity index (χ4v) is 2.87. The van der Waals surface area contributed by atoms with Gasteiger partial charge < -0.3 is 14.7 Å². The third-order valence-electron chi connectivity index (χ3n) is 4.16.